The van der Waals surface area contributed by atoms with Crippen molar-refractivity contribution in [2.75, 3.05) is 19.8 Å². The van der Waals surface area contributed by atoms with E-state index in [9.17, 15) is 10.1 Å². The number of ether oxygens (including phenoxy) is 2. The molecule has 0 aromatic heterocycles. The summed E-state index contributed by atoms with van der Waals surface area (Å²) in [5.41, 5.74) is 0.732. The molecule has 0 fully saturated rings. The fourth-order valence-corrected chi connectivity index (χ4v) is 1.22. The van der Waals surface area contributed by atoms with Crippen LogP contribution in [0.2, 0.25) is 0 Å². The molecule has 0 unspecified atom stereocenters. The minimum atomic E-state index is -0.497. The highest BCUT2D eigenvalue weighted by molar-refractivity contribution is 5.50. The quantitative estimate of drug-likeness (QED) is 0.415. The summed E-state index contributed by atoms with van der Waals surface area (Å²) < 4.78 is 10.6. The van der Waals surface area contributed by atoms with E-state index in [-0.39, 0.29) is 0 Å². The van der Waals surface area contributed by atoms with E-state index < -0.39 is 4.92 Å². The SMILES string of the molecule is CCOCCOc1cccc(/C=C/[N+](=O)[O-])c1. The van der Waals surface area contributed by atoms with Gasteiger partial charge in [0.15, 0.2) is 0 Å². The van der Waals surface area contributed by atoms with Gasteiger partial charge in [0, 0.05) is 12.7 Å². The molecule has 17 heavy (non-hydrogen) atoms. The van der Waals surface area contributed by atoms with Gasteiger partial charge in [-0.05, 0) is 24.6 Å². The summed E-state index contributed by atoms with van der Waals surface area (Å²) in [4.78, 5) is 9.68. The zero-order valence-electron chi connectivity index (χ0n) is 9.67. The summed E-state index contributed by atoms with van der Waals surface area (Å²) >= 11 is 0. The maximum Gasteiger partial charge on any atom is 0.235 e. The molecule has 0 aliphatic heterocycles. The first-order valence-electron chi connectivity index (χ1n) is 5.34. The van der Waals surface area contributed by atoms with Crippen molar-refractivity contribution in [2.24, 2.45) is 0 Å². The Morgan fingerprint density at radius 2 is 2.24 bits per heavy atom. The molecule has 0 saturated carbocycles. The lowest BCUT2D eigenvalue weighted by molar-refractivity contribution is -0.400. The molecular weight excluding hydrogens is 222 g/mol. The predicted molar refractivity (Wildman–Crippen MR) is 64.5 cm³/mol. The van der Waals surface area contributed by atoms with Crippen LogP contribution in [0.5, 0.6) is 5.75 Å². The van der Waals surface area contributed by atoms with E-state index in [1.165, 1.54) is 6.08 Å². The van der Waals surface area contributed by atoms with Crippen molar-refractivity contribution in [3.8, 4) is 5.75 Å². The molecule has 0 radical (unpaired) electrons. The number of hydrogen-bond acceptors (Lipinski definition) is 4. The van der Waals surface area contributed by atoms with Gasteiger partial charge in [-0.15, -0.1) is 0 Å². The molecule has 0 aliphatic rings. The van der Waals surface area contributed by atoms with Gasteiger partial charge in [0.2, 0.25) is 6.20 Å². The monoisotopic (exact) mass is 237 g/mol. The third-order valence-corrected chi connectivity index (χ3v) is 1.95. The molecule has 92 valence electrons. The van der Waals surface area contributed by atoms with Crippen molar-refractivity contribution < 1.29 is 14.4 Å². The normalized spacial score (nSPS) is 10.6. The first-order chi connectivity index (χ1) is 8.22. The first-order valence-corrected chi connectivity index (χ1v) is 5.34. The number of rotatable bonds is 7. The highest BCUT2D eigenvalue weighted by atomic mass is 16.6. The van der Waals surface area contributed by atoms with Crippen molar-refractivity contribution in [3.05, 3.63) is 46.1 Å². The van der Waals surface area contributed by atoms with Crippen LogP contribution in [0.25, 0.3) is 6.08 Å². The molecule has 1 rings (SSSR count). The van der Waals surface area contributed by atoms with E-state index in [0.29, 0.717) is 25.6 Å². The van der Waals surface area contributed by atoms with Crippen LogP contribution < -0.4 is 4.74 Å². The lowest BCUT2D eigenvalue weighted by Gasteiger charge is -2.06. The molecule has 5 heteroatoms. The Balaban J connectivity index is 2.50. The van der Waals surface area contributed by atoms with Crippen molar-refractivity contribution in [2.45, 2.75) is 6.92 Å². The van der Waals surface area contributed by atoms with Crippen LogP contribution in [-0.2, 0) is 4.74 Å². The van der Waals surface area contributed by atoms with Gasteiger partial charge < -0.3 is 9.47 Å². The molecule has 0 saturated heterocycles. The fraction of sp³-hybridized carbons (Fsp3) is 0.333. The van der Waals surface area contributed by atoms with E-state index in [0.717, 1.165) is 11.8 Å². The van der Waals surface area contributed by atoms with Gasteiger partial charge in [-0.1, -0.05) is 12.1 Å². The van der Waals surface area contributed by atoms with E-state index in [4.69, 9.17) is 9.47 Å². The molecule has 0 amide bonds. The highest BCUT2D eigenvalue weighted by Gasteiger charge is 1.96. The fourth-order valence-electron chi connectivity index (χ4n) is 1.22. The molecule has 0 heterocycles. The summed E-state index contributed by atoms with van der Waals surface area (Å²) in [6.45, 7) is 3.58. The summed E-state index contributed by atoms with van der Waals surface area (Å²) in [5, 5.41) is 10.2. The van der Waals surface area contributed by atoms with E-state index in [1.807, 2.05) is 6.92 Å². The summed E-state index contributed by atoms with van der Waals surface area (Å²) in [6.07, 6.45) is 2.33. The molecular formula is C12H15NO4. The Bertz CT molecular complexity index is 390. The molecule has 0 aliphatic carbocycles. The topological polar surface area (TPSA) is 61.6 Å². The second-order valence-electron chi connectivity index (χ2n) is 3.22. The molecule has 0 atom stereocenters. The smallest absolute Gasteiger partial charge is 0.235 e. The second-order valence-corrected chi connectivity index (χ2v) is 3.22. The first kappa shape index (κ1) is 13.2. The number of hydrogen-bond donors (Lipinski definition) is 0. The van der Waals surface area contributed by atoms with Gasteiger partial charge in [0.25, 0.3) is 0 Å². The molecule has 1 aromatic rings. The maximum absolute atomic E-state index is 10.2. The van der Waals surface area contributed by atoms with Gasteiger partial charge >= 0.3 is 0 Å². The molecule has 0 spiro atoms. The van der Waals surface area contributed by atoms with Crippen molar-refractivity contribution in [3.63, 3.8) is 0 Å². The minimum Gasteiger partial charge on any atom is -0.491 e. The van der Waals surface area contributed by atoms with Crippen molar-refractivity contribution in [1.29, 1.82) is 0 Å². The number of nitrogens with zero attached hydrogens (tertiary/aromatic N) is 1. The number of benzene rings is 1. The second kappa shape index (κ2) is 7.40. The van der Waals surface area contributed by atoms with Crippen LogP contribution in [0, 0.1) is 10.1 Å². The Morgan fingerprint density at radius 3 is 2.94 bits per heavy atom. The highest BCUT2D eigenvalue weighted by Crippen LogP contribution is 2.14. The maximum atomic E-state index is 10.2. The zero-order chi connectivity index (χ0) is 12.5. The molecule has 1 aromatic carbocycles. The van der Waals surface area contributed by atoms with Gasteiger partial charge in [0.1, 0.15) is 12.4 Å². The molecule has 5 nitrogen and oxygen atoms in total. The van der Waals surface area contributed by atoms with E-state index in [1.54, 1.807) is 24.3 Å². The average Bonchev–Trinajstić information content (AvgIpc) is 2.33. The number of nitro groups is 1. The van der Waals surface area contributed by atoms with E-state index in [2.05, 4.69) is 0 Å². The van der Waals surface area contributed by atoms with Crippen molar-refractivity contribution in [1.82, 2.24) is 0 Å². The zero-order valence-corrected chi connectivity index (χ0v) is 9.67. The van der Waals surface area contributed by atoms with Gasteiger partial charge in [-0.3, -0.25) is 10.1 Å². The van der Waals surface area contributed by atoms with Crippen molar-refractivity contribution >= 4 is 6.08 Å². The van der Waals surface area contributed by atoms with Gasteiger partial charge in [0.05, 0.1) is 11.5 Å². The molecule has 0 N–H and O–H groups in total. The predicted octanol–water partition coefficient (Wildman–Crippen LogP) is 2.35. The largest absolute Gasteiger partial charge is 0.491 e. The minimum absolute atomic E-state index is 0.468. The Labute approximate surface area is 99.8 Å². The Hall–Kier alpha value is -1.88. The standard InChI is InChI=1S/C12H15NO4/c1-2-16-8-9-17-12-5-3-4-11(10-12)6-7-13(14)15/h3-7,10H,2,8-9H2,1H3/b7-6+. The lowest BCUT2D eigenvalue weighted by atomic mass is 10.2. The van der Waals surface area contributed by atoms with Crippen LogP contribution in [0.4, 0.5) is 0 Å². The Morgan fingerprint density at radius 1 is 1.41 bits per heavy atom. The van der Waals surface area contributed by atoms with Gasteiger partial charge in [-0.2, -0.15) is 0 Å². The van der Waals surface area contributed by atoms with Gasteiger partial charge in [-0.25, -0.2) is 0 Å². The van der Waals surface area contributed by atoms with Crippen LogP contribution >= 0.6 is 0 Å². The average molecular weight is 237 g/mol. The van der Waals surface area contributed by atoms with Crippen LogP contribution in [0.15, 0.2) is 30.5 Å². The summed E-state index contributed by atoms with van der Waals surface area (Å²) in [6, 6.07) is 7.10. The summed E-state index contributed by atoms with van der Waals surface area (Å²) in [5.74, 6) is 0.676. The third-order valence-electron chi connectivity index (χ3n) is 1.95. The van der Waals surface area contributed by atoms with Crippen LogP contribution in [0.3, 0.4) is 0 Å². The van der Waals surface area contributed by atoms with E-state index >= 15 is 0 Å². The van der Waals surface area contributed by atoms with Crippen LogP contribution in [0.1, 0.15) is 12.5 Å². The Kier molecular flexibility index (Phi) is 5.74. The third kappa shape index (κ3) is 5.67. The summed E-state index contributed by atoms with van der Waals surface area (Å²) in [7, 11) is 0. The van der Waals surface area contributed by atoms with Crippen LogP contribution in [-0.4, -0.2) is 24.7 Å². The molecule has 0 bridgehead atoms. The lowest BCUT2D eigenvalue weighted by Crippen LogP contribution is -2.06.